The van der Waals surface area contributed by atoms with Crippen molar-refractivity contribution in [1.82, 2.24) is 10.3 Å². The second-order valence-electron chi connectivity index (χ2n) is 4.02. The van der Waals surface area contributed by atoms with Crippen LogP contribution in [0.4, 0.5) is 5.13 Å². The summed E-state index contributed by atoms with van der Waals surface area (Å²) in [7, 11) is 1.98. The van der Waals surface area contributed by atoms with E-state index in [4.69, 9.17) is 0 Å². The molecule has 15 heavy (non-hydrogen) atoms. The zero-order chi connectivity index (χ0) is 10.5. The SMILES string of the molecule is CNCCc1csc(N2CCCCC2)n1. The highest BCUT2D eigenvalue weighted by atomic mass is 32.1. The van der Waals surface area contributed by atoms with Gasteiger partial charge < -0.3 is 10.2 Å². The summed E-state index contributed by atoms with van der Waals surface area (Å²) in [5.74, 6) is 0. The molecule has 2 rings (SSSR count). The highest BCUT2D eigenvalue weighted by Gasteiger charge is 2.13. The Morgan fingerprint density at radius 3 is 2.93 bits per heavy atom. The fourth-order valence-corrected chi connectivity index (χ4v) is 2.81. The largest absolute Gasteiger partial charge is 0.348 e. The van der Waals surface area contributed by atoms with Gasteiger partial charge in [0.2, 0.25) is 0 Å². The predicted octanol–water partition coefficient (Wildman–Crippen LogP) is 1.90. The van der Waals surface area contributed by atoms with E-state index in [2.05, 4.69) is 20.6 Å². The van der Waals surface area contributed by atoms with Crippen LogP contribution < -0.4 is 10.2 Å². The maximum Gasteiger partial charge on any atom is 0.185 e. The Balaban J connectivity index is 1.93. The van der Waals surface area contributed by atoms with E-state index in [9.17, 15) is 0 Å². The Hall–Kier alpha value is -0.610. The number of thiazole rings is 1. The van der Waals surface area contributed by atoms with E-state index < -0.39 is 0 Å². The van der Waals surface area contributed by atoms with Gasteiger partial charge in [-0.25, -0.2) is 4.98 Å². The van der Waals surface area contributed by atoms with Crippen LogP contribution in [0.25, 0.3) is 0 Å². The van der Waals surface area contributed by atoms with Crippen LogP contribution in [0, 0.1) is 0 Å². The summed E-state index contributed by atoms with van der Waals surface area (Å²) >= 11 is 1.79. The van der Waals surface area contributed by atoms with Crippen LogP contribution >= 0.6 is 11.3 Å². The molecule has 1 aliphatic heterocycles. The lowest BCUT2D eigenvalue weighted by Crippen LogP contribution is -2.29. The smallest absolute Gasteiger partial charge is 0.185 e. The average molecular weight is 225 g/mol. The summed E-state index contributed by atoms with van der Waals surface area (Å²) in [6, 6.07) is 0. The number of likely N-dealkylation sites (N-methyl/N-ethyl adjacent to an activating group) is 1. The number of nitrogens with one attached hydrogen (secondary N) is 1. The van der Waals surface area contributed by atoms with Gasteiger partial charge >= 0.3 is 0 Å². The molecular weight excluding hydrogens is 206 g/mol. The van der Waals surface area contributed by atoms with Gasteiger partial charge in [0.05, 0.1) is 5.69 Å². The van der Waals surface area contributed by atoms with Crippen molar-refractivity contribution in [2.24, 2.45) is 0 Å². The van der Waals surface area contributed by atoms with Crippen molar-refractivity contribution in [3.63, 3.8) is 0 Å². The number of nitrogens with zero attached hydrogens (tertiary/aromatic N) is 2. The summed E-state index contributed by atoms with van der Waals surface area (Å²) in [6.07, 6.45) is 5.08. The van der Waals surface area contributed by atoms with Gasteiger partial charge in [-0.05, 0) is 26.3 Å². The van der Waals surface area contributed by atoms with Crippen LogP contribution in [0.15, 0.2) is 5.38 Å². The molecule has 0 aliphatic carbocycles. The van der Waals surface area contributed by atoms with Crippen LogP contribution in [-0.2, 0) is 6.42 Å². The first kappa shape index (κ1) is 10.9. The number of aromatic nitrogens is 1. The van der Waals surface area contributed by atoms with Crippen LogP contribution in [0.3, 0.4) is 0 Å². The molecule has 4 heteroatoms. The second-order valence-corrected chi connectivity index (χ2v) is 4.86. The molecule has 0 spiro atoms. The van der Waals surface area contributed by atoms with Gasteiger partial charge in [0.25, 0.3) is 0 Å². The van der Waals surface area contributed by atoms with E-state index in [1.165, 1.54) is 43.2 Å². The monoisotopic (exact) mass is 225 g/mol. The van der Waals surface area contributed by atoms with E-state index in [-0.39, 0.29) is 0 Å². The van der Waals surface area contributed by atoms with Crippen molar-refractivity contribution < 1.29 is 0 Å². The summed E-state index contributed by atoms with van der Waals surface area (Å²) in [5.41, 5.74) is 1.23. The van der Waals surface area contributed by atoms with E-state index >= 15 is 0 Å². The molecule has 0 unspecified atom stereocenters. The molecular formula is C11H19N3S. The van der Waals surface area contributed by atoms with Crippen molar-refractivity contribution in [1.29, 1.82) is 0 Å². The molecule has 1 saturated heterocycles. The lowest BCUT2D eigenvalue weighted by molar-refractivity contribution is 0.576. The predicted molar refractivity (Wildman–Crippen MR) is 65.8 cm³/mol. The standard InChI is InChI=1S/C11H19N3S/c1-12-6-5-10-9-15-11(13-10)14-7-3-2-4-8-14/h9,12H,2-8H2,1H3. The molecule has 3 nitrogen and oxygen atoms in total. The van der Waals surface area contributed by atoms with E-state index in [1.54, 1.807) is 11.3 Å². The Kier molecular flexibility index (Phi) is 3.97. The minimum Gasteiger partial charge on any atom is -0.348 e. The summed E-state index contributed by atoms with van der Waals surface area (Å²) in [6.45, 7) is 3.40. The number of hydrogen-bond donors (Lipinski definition) is 1. The molecule has 1 aromatic rings. The number of piperidine rings is 1. The fourth-order valence-electron chi connectivity index (χ4n) is 1.89. The van der Waals surface area contributed by atoms with E-state index in [0.29, 0.717) is 0 Å². The highest BCUT2D eigenvalue weighted by molar-refractivity contribution is 7.13. The minimum atomic E-state index is 1.02. The minimum absolute atomic E-state index is 1.02. The Morgan fingerprint density at radius 1 is 1.40 bits per heavy atom. The molecule has 0 saturated carbocycles. The van der Waals surface area contributed by atoms with Gasteiger partial charge in [-0.3, -0.25) is 0 Å². The van der Waals surface area contributed by atoms with Crippen molar-refractivity contribution in [2.45, 2.75) is 25.7 Å². The topological polar surface area (TPSA) is 28.2 Å². The van der Waals surface area contributed by atoms with Gasteiger partial charge in [0, 0.05) is 31.4 Å². The molecule has 0 atom stereocenters. The summed E-state index contributed by atoms with van der Waals surface area (Å²) in [4.78, 5) is 7.10. The lowest BCUT2D eigenvalue weighted by atomic mass is 10.1. The third-order valence-corrected chi connectivity index (χ3v) is 3.75. The van der Waals surface area contributed by atoms with Crippen molar-refractivity contribution in [2.75, 3.05) is 31.6 Å². The molecule has 1 aliphatic rings. The first-order valence-corrected chi connectivity index (χ1v) is 6.62. The fraction of sp³-hybridized carbons (Fsp3) is 0.727. The maximum atomic E-state index is 4.68. The third-order valence-electron chi connectivity index (χ3n) is 2.80. The average Bonchev–Trinajstić information content (AvgIpc) is 2.76. The van der Waals surface area contributed by atoms with Crippen LogP contribution in [0.1, 0.15) is 25.0 Å². The van der Waals surface area contributed by atoms with Crippen molar-refractivity contribution >= 4 is 16.5 Å². The molecule has 1 N–H and O–H groups in total. The van der Waals surface area contributed by atoms with Gasteiger partial charge in [0.15, 0.2) is 5.13 Å². The number of anilines is 1. The second kappa shape index (κ2) is 5.47. The lowest BCUT2D eigenvalue weighted by Gasteiger charge is -2.25. The Morgan fingerprint density at radius 2 is 2.20 bits per heavy atom. The van der Waals surface area contributed by atoms with E-state index in [0.717, 1.165) is 13.0 Å². The van der Waals surface area contributed by atoms with Crippen LogP contribution in [-0.4, -0.2) is 31.7 Å². The zero-order valence-electron chi connectivity index (χ0n) is 9.33. The molecule has 2 heterocycles. The maximum absolute atomic E-state index is 4.68. The Bertz CT molecular complexity index is 292. The molecule has 0 amide bonds. The van der Waals surface area contributed by atoms with Gasteiger partial charge in [-0.2, -0.15) is 0 Å². The third kappa shape index (κ3) is 2.92. The molecule has 0 radical (unpaired) electrons. The number of rotatable bonds is 4. The summed E-state index contributed by atoms with van der Waals surface area (Å²) < 4.78 is 0. The van der Waals surface area contributed by atoms with Crippen LogP contribution in [0.2, 0.25) is 0 Å². The normalized spacial score (nSPS) is 17.0. The molecule has 84 valence electrons. The van der Waals surface area contributed by atoms with Crippen molar-refractivity contribution in [3.8, 4) is 0 Å². The van der Waals surface area contributed by atoms with Gasteiger partial charge in [-0.15, -0.1) is 11.3 Å². The van der Waals surface area contributed by atoms with Crippen LogP contribution in [0.5, 0.6) is 0 Å². The molecule has 1 aromatic heterocycles. The van der Waals surface area contributed by atoms with E-state index in [1.807, 2.05) is 7.05 Å². The number of hydrogen-bond acceptors (Lipinski definition) is 4. The first-order chi connectivity index (χ1) is 7.40. The summed E-state index contributed by atoms with van der Waals surface area (Å²) in [5, 5.41) is 6.57. The molecule has 0 aromatic carbocycles. The first-order valence-electron chi connectivity index (χ1n) is 5.74. The highest BCUT2D eigenvalue weighted by Crippen LogP contribution is 2.23. The Labute approximate surface area is 95.5 Å². The molecule has 0 bridgehead atoms. The van der Waals surface area contributed by atoms with Crippen molar-refractivity contribution in [3.05, 3.63) is 11.1 Å². The zero-order valence-corrected chi connectivity index (χ0v) is 10.1. The van der Waals surface area contributed by atoms with Gasteiger partial charge in [0.1, 0.15) is 0 Å². The molecule has 1 fully saturated rings. The quantitative estimate of drug-likeness (QED) is 0.848. The van der Waals surface area contributed by atoms with Gasteiger partial charge in [-0.1, -0.05) is 0 Å².